The van der Waals surface area contributed by atoms with Crippen molar-refractivity contribution in [2.45, 2.75) is 32.1 Å². The molecule has 3 rings (SSSR count). The molecule has 2 fully saturated rings. The maximum absolute atomic E-state index is 12.0. The van der Waals surface area contributed by atoms with Crippen LogP contribution in [-0.4, -0.2) is 15.6 Å². The zero-order valence-corrected chi connectivity index (χ0v) is 9.72. The largest absolute Gasteiger partial charge is 0.299 e. The van der Waals surface area contributed by atoms with Crippen molar-refractivity contribution in [3.63, 3.8) is 0 Å². The molecule has 0 radical (unpaired) electrons. The molecule has 3 nitrogen and oxygen atoms in total. The van der Waals surface area contributed by atoms with Crippen LogP contribution in [0.4, 0.5) is 0 Å². The zero-order chi connectivity index (χ0) is 11.1. The predicted octanol–water partition coefficient (Wildman–Crippen LogP) is 1.97. The second-order valence-electron chi connectivity index (χ2n) is 5.34. The predicted molar refractivity (Wildman–Crippen MR) is 60.9 cm³/mol. The van der Waals surface area contributed by atoms with Crippen molar-refractivity contribution < 1.29 is 4.79 Å². The molecule has 86 valence electrons. The quantitative estimate of drug-likeness (QED) is 0.774. The fraction of sp³-hybridized carbons (Fsp3) is 0.692. The molecule has 0 N–H and O–H groups in total. The Morgan fingerprint density at radius 2 is 2.19 bits per heavy atom. The third kappa shape index (κ3) is 1.79. The van der Waals surface area contributed by atoms with Crippen molar-refractivity contribution in [1.82, 2.24) is 9.78 Å². The van der Waals surface area contributed by atoms with Gasteiger partial charge in [0, 0.05) is 31.3 Å². The number of aryl methyl sites for hydroxylation is 2. The van der Waals surface area contributed by atoms with Crippen molar-refractivity contribution in [2.75, 3.05) is 0 Å². The van der Waals surface area contributed by atoms with Gasteiger partial charge in [0.1, 0.15) is 5.78 Å². The fourth-order valence-electron chi connectivity index (χ4n) is 3.08. The van der Waals surface area contributed by atoms with Crippen LogP contribution in [0.1, 0.15) is 31.4 Å². The van der Waals surface area contributed by atoms with Gasteiger partial charge in [-0.3, -0.25) is 9.48 Å². The average Bonchev–Trinajstić information content (AvgIpc) is 2.71. The van der Waals surface area contributed by atoms with E-state index in [1.165, 1.54) is 19.3 Å². The third-order valence-electron chi connectivity index (χ3n) is 4.25. The van der Waals surface area contributed by atoms with Crippen LogP contribution in [0.2, 0.25) is 0 Å². The van der Waals surface area contributed by atoms with Gasteiger partial charge in [-0.05, 0) is 43.6 Å². The highest BCUT2D eigenvalue weighted by Gasteiger charge is 2.47. The lowest BCUT2D eigenvalue weighted by Gasteiger charge is -2.10. The van der Waals surface area contributed by atoms with E-state index < -0.39 is 0 Å². The van der Waals surface area contributed by atoms with Crippen LogP contribution in [0, 0.1) is 17.8 Å². The maximum Gasteiger partial charge on any atom is 0.136 e. The first-order valence-electron chi connectivity index (χ1n) is 6.23. The summed E-state index contributed by atoms with van der Waals surface area (Å²) in [5, 5.41) is 4.12. The van der Waals surface area contributed by atoms with E-state index in [0.29, 0.717) is 18.1 Å². The smallest absolute Gasteiger partial charge is 0.136 e. The Morgan fingerprint density at radius 1 is 1.44 bits per heavy atom. The number of aromatic nitrogens is 2. The standard InChI is InChI=1S/C13H18N2O/c1-15-12(4-5-14-15)2-3-13(16)11-7-9-6-10(9)8-11/h4-5,9-11H,2-3,6-8H2,1H3. The fourth-order valence-corrected chi connectivity index (χ4v) is 3.08. The second kappa shape index (κ2) is 3.72. The minimum absolute atomic E-state index is 0.386. The summed E-state index contributed by atoms with van der Waals surface area (Å²) in [5.74, 6) is 2.68. The monoisotopic (exact) mass is 218 g/mol. The Bertz CT molecular complexity index is 400. The molecule has 0 aromatic carbocycles. The molecule has 2 atom stereocenters. The number of fused-ring (bicyclic) bond motifs is 1. The van der Waals surface area contributed by atoms with E-state index in [1.807, 2.05) is 17.8 Å². The van der Waals surface area contributed by atoms with Crippen LogP contribution in [0.3, 0.4) is 0 Å². The minimum atomic E-state index is 0.386. The molecule has 2 aliphatic rings. The van der Waals surface area contributed by atoms with E-state index in [9.17, 15) is 4.79 Å². The lowest BCUT2D eigenvalue weighted by Crippen LogP contribution is -2.14. The van der Waals surface area contributed by atoms with Crippen LogP contribution in [0.15, 0.2) is 12.3 Å². The number of rotatable bonds is 4. The van der Waals surface area contributed by atoms with Crippen molar-refractivity contribution in [2.24, 2.45) is 24.8 Å². The highest BCUT2D eigenvalue weighted by Crippen LogP contribution is 2.54. The second-order valence-corrected chi connectivity index (χ2v) is 5.34. The van der Waals surface area contributed by atoms with Crippen LogP contribution in [0.25, 0.3) is 0 Å². The molecular weight excluding hydrogens is 200 g/mol. The van der Waals surface area contributed by atoms with Gasteiger partial charge in [0.15, 0.2) is 0 Å². The topological polar surface area (TPSA) is 34.9 Å². The Hall–Kier alpha value is -1.12. The first-order chi connectivity index (χ1) is 7.74. The molecule has 3 heteroatoms. The molecule has 1 aromatic rings. The Balaban J connectivity index is 1.51. The molecule has 0 bridgehead atoms. The minimum Gasteiger partial charge on any atom is -0.299 e. The van der Waals surface area contributed by atoms with Crippen molar-refractivity contribution in [3.8, 4) is 0 Å². The molecule has 16 heavy (non-hydrogen) atoms. The Morgan fingerprint density at radius 3 is 2.81 bits per heavy atom. The highest BCUT2D eigenvalue weighted by atomic mass is 16.1. The van der Waals surface area contributed by atoms with Crippen molar-refractivity contribution in [1.29, 1.82) is 0 Å². The molecule has 2 saturated carbocycles. The van der Waals surface area contributed by atoms with Gasteiger partial charge >= 0.3 is 0 Å². The summed E-state index contributed by atoms with van der Waals surface area (Å²) in [5.41, 5.74) is 1.16. The summed E-state index contributed by atoms with van der Waals surface area (Å²) in [6.45, 7) is 0. The Kier molecular flexibility index (Phi) is 2.34. The Labute approximate surface area is 95.8 Å². The lowest BCUT2D eigenvalue weighted by atomic mass is 9.95. The van der Waals surface area contributed by atoms with E-state index in [2.05, 4.69) is 5.10 Å². The van der Waals surface area contributed by atoms with Crippen LogP contribution in [-0.2, 0) is 18.3 Å². The summed E-state index contributed by atoms with van der Waals surface area (Å²) in [6, 6.07) is 2.00. The normalized spacial score (nSPS) is 31.4. The average molecular weight is 218 g/mol. The van der Waals surface area contributed by atoms with Crippen LogP contribution in [0.5, 0.6) is 0 Å². The first-order valence-corrected chi connectivity index (χ1v) is 6.23. The number of Topliss-reactive ketones (excluding diaryl/α,β-unsaturated/α-hetero) is 1. The number of hydrogen-bond donors (Lipinski definition) is 0. The molecule has 0 saturated heterocycles. The number of carbonyl (C=O) groups excluding carboxylic acids is 1. The van der Waals surface area contributed by atoms with Gasteiger partial charge in [-0.2, -0.15) is 5.10 Å². The van der Waals surface area contributed by atoms with Crippen molar-refractivity contribution >= 4 is 5.78 Å². The lowest BCUT2D eigenvalue weighted by molar-refractivity contribution is -0.122. The molecule has 2 unspecified atom stereocenters. The number of hydrogen-bond acceptors (Lipinski definition) is 2. The van der Waals surface area contributed by atoms with E-state index in [0.717, 1.165) is 24.0 Å². The van der Waals surface area contributed by atoms with E-state index in [4.69, 9.17) is 0 Å². The zero-order valence-electron chi connectivity index (χ0n) is 9.72. The summed E-state index contributed by atoms with van der Waals surface area (Å²) in [6.07, 6.45) is 7.09. The molecular formula is C13H18N2O. The number of carbonyl (C=O) groups is 1. The van der Waals surface area contributed by atoms with Gasteiger partial charge in [-0.1, -0.05) is 0 Å². The molecule has 0 amide bonds. The van der Waals surface area contributed by atoms with Gasteiger partial charge in [-0.25, -0.2) is 0 Å². The van der Waals surface area contributed by atoms with Gasteiger partial charge < -0.3 is 0 Å². The summed E-state index contributed by atoms with van der Waals surface area (Å²) in [4.78, 5) is 12.0. The first kappa shape index (κ1) is 10.1. The van der Waals surface area contributed by atoms with Crippen LogP contribution < -0.4 is 0 Å². The van der Waals surface area contributed by atoms with Crippen molar-refractivity contribution in [3.05, 3.63) is 18.0 Å². The molecule has 1 aromatic heterocycles. The van der Waals surface area contributed by atoms with E-state index in [1.54, 1.807) is 6.20 Å². The molecule has 2 aliphatic carbocycles. The van der Waals surface area contributed by atoms with Gasteiger partial charge in [0.05, 0.1) is 0 Å². The molecule has 0 aliphatic heterocycles. The highest BCUT2D eigenvalue weighted by molar-refractivity contribution is 5.81. The molecule has 1 heterocycles. The summed E-state index contributed by atoms with van der Waals surface area (Å²) < 4.78 is 1.86. The number of ketones is 1. The number of nitrogens with zero attached hydrogens (tertiary/aromatic N) is 2. The molecule has 0 spiro atoms. The van der Waals surface area contributed by atoms with Gasteiger partial charge in [0.25, 0.3) is 0 Å². The summed E-state index contributed by atoms with van der Waals surface area (Å²) in [7, 11) is 1.94. The SMILES string of the molecule is Cn1nccc1CCC(=O)C1CC2CC2C1. The van der Waals surface area contributed by atoms with Gasteiger partial charge in [-0.15, -0.1) is 0 Å². The van der Waals surface area contributed by atoms with Gasteiger partial charge in [0.2, 0.25) is 0 Å². The van der Waals surface area contributed by atoms with E-state index in [-0.39, 0.29) is 0 Å². The summed E-state index contributed by atoms with van der Waals surface area (Å²) >= 11 is 0. The van der Waals surface area contributed by atoms with Crippen LogP contribution >= 0.6 is 0 Å². The van der Waals surface area contributed by atoms with E-state index >= 15 is 0 Å². The third-order valence-corrected chi connectivity index (χ3v) is 4.25. The maximum atomic E-state index is 12.0.